The van der Waals surface area contributed by atoms with Crippen molar-refractivity contribution in [3.05, 3.63) is 53.7 Å². The number of carbonyl (C=O) groups is 1. The molecular formula is C18H23N3O2. The van der Waals surface area contributed by atoms with E-state index >= 15 is 0 Å². The SMILES string of the molecule is CC(C)CCNCc1ccc(Oc2ncccc2C(N)=O)cc1. The Labute approximate surface area is 136 Å². The van der Waals surface area contributed by atoms with Crippen LogP contribution in [0.2, 0.25) is 0 Å². The minimum atomic E-state index is -0.556. The van der Waals surface area contributed by atoms with Gasteiger partial charge in [0.25, 0.3) is 5.91 Å². The van der Waals surface area contributed by atoms with E-state index in [2.05, 4.69) is 24.1 Å². The molecule has 0 aliphatic heterocycles. The van der Waals surface area contributed by atoms with E-state index in [1.165, 1.54) is 5.56 Å². The molecule has 1 amide bonds. The van der Waals surface area contributed by atoms with Gasteiger partial charge in [0.05, 0.1) is 0 Å². The van der Waals surface area contributed by atoms with Crippen molar-refractivity contribution in [1.82, 2.24) is 10.3 Å². The Morgan fingerprint density at radius 1 is 1.26 bits per heavy atom. The van der Waals surface area contributed by atoms with Gasteiger partial charge in [-0.2, -0.15) is 0 Å². The highest BCUT2D eigenvalue weighted by Gasteiger charge is 2.10. The first-order valence-corrected chi connectivity index (χ1v) is 7.78. The van der Waals surface area contributed by atoms with Crippen LogP contribution in [-0.2, 0) is 6.54 Å². The van der Waals surface area contributed by atoms with Crippen molar-refractivity contribution in [3.8, 4) is 11.6 Å². The molecule has 1 heterocycles. The van der Waals surface area contributed by atoms with Crippen molar-refractivity contribution in [1.29, 1.82) is 0 Å². The predicted octanol–water partition coefficient (Wildman–Crippen LogP) is 3.11. The van der Waals surface area contributed by atoms with Crippen LogP contribution in [0.25, 0.3) is 0 Å². The molecular weight excluding hydrogens is 290 g/mol. The number of hydrogen-bond donors (Lipinski definition) is 2. The van der Waals surface area contributed by atoms with Crippen molar-refractivity contribution < 1.29 is 9.53 Å². The van der Waals surface area contributed by atoms with E-state index in [0.29, 0.717) is 11.7 Å². The van der Waals surface area contributed by atoms with Crippen LogP contribution < -0.4 is 15.8 Å². The molecule has 0 atom stereocenters. The molecule has 1 aromatic heterocycles. The monoisotopic (exact) mass is 313 g/mol. The van der Waals surface area contributed by atoms with Gasteiger partial charge in [-0.05, 0) is 48.7 Å². The smallest absolute Gasteiger partial charge is 0.254 e. The fourth-order valence-corrected chi connectivity index (χ4v) is 2.07. The van der Waals surface area contributed by atoms with E-state index in [1.807, 2.05) is 24.3 Å². The summed E-state index contributed by atoms with van der Waals surface area (Å²) in [7, 11) is 0. The van der Waals surface area contributed by atoms with Gasteiger partial charge in [-0.25, -0.2) is 4.98 Å². The highest BCUT2D eigenvalue weighted by molar-refractivity contribution is 5.95. The molecule has 0 bridgehead atoms. The van der Waals surface area contributed by atoms with Gasteiger partial charge in [-0.3, -0.25) is 4.79 Å². The van der Waals surface area contributed by atoms with Crippen LogP contribution >= 0.6 is 0 Å². The zero-order valence-corrected chi connectivity index (χ0v) is 13.6. The fourth-order valence-electron chi connectivity index (χ4n) is 2.07. The average molecular weight is 313 g/mol. The summed E-state index contributed by atoms with van der Waals surface area (Å²) in [5.41, 5.74) is 6.76. The normalized spacial score (nSPS) is 10.7. The Bertz CT molecular complexity index is 639. The molecule has 0 saturated heterocycles. The summed E-state index contributed by atoms with van der Waals surface area (Å²) in [6.45, 7) is 6.26. The van der Waals surface area contributed by atoms with E-state index in [1.54, 1.807) is 18.3 Å². The maximum absolute atomic E-state index is 11.4. The van der Waals surface area contributed by atoms with E-state index in [4.69, 9.17) is 10.5 Å². The highest BCUT2D eigenvalue weighted by Crippen LogP contribution is 2.22. The molecule has 5 nitrogen and oxygen atoms in total. The third-order valence-electron chi connectivity index (χ3n) is 3.40. The zero-order valence-electron chi connectivity index (χ0n) is 13.6. The number of nitrogens with two attached hydrogens (primary N) is 1. The summed E-state index contributed by atoms with van der Waals surface area (Å²) in [6.07, 6.45) is 2.73. The molecule has 0 aliphatic carbocycles. The minimum Gasteiger partial charge on any atom is -0.438 e. The fraction of sp³-hybridized carbons (Fsp3) is 0.333. The minimum absolute atomic E-state index is 0.225. The van der Waals surface area contributed by atoms with Gasteiger partial charge in [-0.15, -0.1) is 0 Å². The van der Waals surface area contributed by atoms with Crippen LogP contribution in [0, 0.1) is 5.92 Å². The van der Waals surface area contributed by atoms with Gasteiger partial charge in [0.1, 0.15) is 11.3 Å². The van der Waals surface area contributed by atoms with E-state index in [0.717, 1.165) is 19.5 Å². The summed E-state index contributed by atoms with van der Waals surface area (Å²) in [6, 6.07) is 10.9. The van der Waals surface area contributed by atoms with Crippen molar-refractivity contribution in [2.45, 2.75) is 26.8 Å². The number of aromatic nitrogens is 1. The lowest BCUT2D eigenvalue weighted by Gasteiger charge is -2.09. The molecule has 0 spiro atoms. The standard InChI is InChI=1S/C18H23N3O2/c1-13(2)9-11-20-12-14-5-7-15(8-6-14)23-18-16(17(19)22)4-3-10-21-18/h3-8,10,13,20H,9,11-12H2,1-2H3,(H2,19,22). The number of nitrogens with one attached hydrogen (secondary N) is 1. The van der Waals surface area contributed by atoms with Gasteiger partial charge < -0.3 is 15.8 Å². The Morgan fingerprint density at radius 3 is 2.65 bits per heavy atom. The van der Waals surface area contributed by atoms with Crippen LogP contribution in [0.5, 0.6) is 11.6 Å². The van der Waals surface area contributed by atoms with Crippen molar-refractivity contribution >= 4 is 5.91 Å². The molecule has 0 saturated carbocycles. The van der Waals surface area contributed by atoms with Crippen LogP contribution in [-0.4, -0.2) is 17.4 Å². The predicted molar refractivity (Wildman–Crippen MR) is 90.4 cm³/mol. The third-order valence-corrected chi connectivity index (χ3v) is 3.40. The molecule has 0 aliphatic rings. The zero-order chi connectivity index (χ0) is 16.7. The molecule has 0 fully saturated rings. The molecule has 0 radical (unpaired) electrons. The number of hydrogen-bond acceptors (Lipinski definition) is 4. The first kappa shape index (κ1) is 17.0. The number of pyridine rings is 1. The summed E-state index contributed by atoms with van der Waals surface area (Å²) in [5.74, 6) is 0.995. The lowest BCUT2D eigenvalue weighted by atomic mass is 10.1. The van der Waals surface area contributed by atoms with E-state index in [-0.39, 0.29) is 11.4 Å². The molecule has 2 aromatic rings. The summed E-state index contributed by atoms with van der Waals surface area (Å²) in [5, 5.41) is 3.41. The van der Waals surface area contributed by atoms with Crippen molar-refractivity contribution in [2.75, 3.05) is 6.54 Å². The Kier molecular flexibility index (Phi) is 6.11. The van der Waals surface area contributed by atoms with Gasteiger partial charge in [0.15, 0.2) is 0 Å². The largest absolute Gasteiger partial charge is 0.438 e. The second-order valence-corrected chi connectivity index (χ2v) is 5.83. The molecule has 23 heavy (non-hydrogen) atoms. The summed E-state index contributed by atoms with van der Waals surface area (Å²) < 4.78 is 5.65. The van der Waals surface area contributed by atoms with Crippen molar-refractivity contribution in [2.24, 2.45) is 11.7 Å². The number of ether oxygens (including phenoxy) is 1. The molecule has 122 valence electrons. The molecule has 3 N–H and O–H groups in total. The lowest BCUT2D eigenvalue weighted by molar-refractivity contribution is 0.0997. The first-order chi connectivity index (χ1) is 11.1. The second kappa shape index (κ2) is 8.29. The van der Waals surface area contributed by atoms with Gasteiger partial charge in [0.2, 0.25) is 5.88 Å². The third kappa shape index (κ3) is 5.38. The van der Waals surface area contributed by atoms with Crippen LogP contribution in [0.1, 0.15) is 36.2 Å². The maximum atomic E-state index is 11.4. The number of carbonyl (C=O) groups excluding carboxylic acids is 1. The van der Waals surface area contributed by atoms with Crippen LogP contribution in [0.3, 0.4) is 0 Å². The quantitative estimate of drug-likeness (QED) is 0.734. The summed E-state index contributed by atoms with van der Waals surface area (Å²) >= 11 is 0. The van der Waals surface area contributed by atoms with Gasteiger partial charge in [-0.1, -0.05) is 26.0 Å². The topological polar surface area (TPSA) is 77.2 Å². The second-order valence-electron chi connectivity index (χ2n) is 5.83. The average Bonchev–Trinajstić information content (AvgIpc) is 2.53. The number of nitrogens with zero attached hydrogens (tertiary/aromatic N) is 1. The van der Waals surface area contributed by atoms with E-state index in [9.17, 15) is 4.79 Å². The maximum Gasteiger partial charge on any atom is 0.254 e. The molecule has 2 rings (SSSR count). The molecule has 0 unspecified atom stereocenters. The van der Waals surface area contributed by atoms with Gasteiger partial charge in [0, 0.05) is 12.7 Å². The van der Waals surface area contributed by atoms with Crippen LogP contribution in [0.15, 0.2) is 42.6 Å². The number of primary amides is 1. The molecule has 5 heteroatoms. The summed E-state index contributed by atoms with van der Waals surface area (Å²) in [4.78, 5) is 15.4. The first-order valence-electron chi connectivity index (χ1n) is 7.78. The number of rotatable bonds is 8. The lowest BCUT2D eigenvalue weighted by Crippen LogP contribution is -2.16. The van der Waals surface area contributed by atoms with Crippen LogP contribution in [0.4, 0.5) is 0 Å². The number of amides is 1. The molecule has 1 aromatic carbocycles. The Balaban J connectivity index is 1.94. The van der Waals surface area contributed by atoms with E-state index < -0.39 is 5.91 Å². The van der Waals surface area contributed by atoms with Crippen molar-refractivity contribution in [3.63, 3.8) is 0 Å². The Hall–Kier alpha value is -2.40. The Morgan fingerprint density at radius 2 is 2.00 bits per heavy atom. The highest BCUT2D eigenvalue weighted by atomic mass is 16.5. The van der Waals surface area contributed by atoms with Gasteiger partial charge >= 0.3 is 0 Å². The number of benzene rings is 1.